The normalized spacial score (nSPS) is 10.2. The summed E-state index contributed by atoms with van der Waals surface area (Å²) in [6.45, 7) is 4.73. The molecule has 150 valence electrons. The Hall–Kier alpha value is -2.60. The Kier molecular flexibility index (Phi) is 9.28. The van der Waals surface area contributed by atoms with E-state index in [-0.39, 0.29) is 5.91 Å². The van der Waals surface area contributed by atoms with Crippen LogP contribution in [0.2, 0.25) is 0 Å². The molecule has 28 heavy (non-hydrogen) atoms. The quantitative estimate of drug-likeness (QED) is 0.431. The highest BCUT2D eigenvalue weighted by atomic mass is 32.1. The lowest BCUT2D eigenvalue weighted by Gasteiger charge is -2.13. The summed E-state index contributed by atoms with van der Waals surface area (Å²) in [5.41, 5.74) is 8.59. The van der Waals surface area contributed by atoms with Gasteiger partial charge in [-0.3, -0.25) is 15.6 Å². The topological polar surface area (TPSA) is 62.4 Å². The summed E-state index contributed by atoms with van der Waals surface area (Å²) in [4.78, 5) is 12.1. The Bertz CT molecular complexity index is 763. The van der Waals surface area contributed by atoms with Crippen LogP contribution in [0.5, 0.6) is 5.75 Å². The predicted octanol–water partition coefficient (Wildman–Crippen LogP) is 4.38. The van der Waals surface area contributed by atoms with Gasteiger partial charge in [-0.05, 0) is 67.7 Å². The fourth-order valence-electron chi connectivity index (χ4n) is 2.74. The van der Waals surface area contributed by atoms with Crippen molar-refractivity contribution in [3.05, 3.63) is 59.7 Å². The van der Waals surface area contributed by atoms with Crippen LogP contribution in [-0.2, 0) is 17.6 Å². The summed E-state index contributed by atoms with van der Waals surface area (Å²) >= 11 is 5.23. The van der Waals surface area contributed by atoms with Crippen LogP contribution in [0.4, 0.5) is 5.69 Å². The van der Waals surface area contributed by atoms with Crippen LogP contribution >= 0.6 is 12.2 Å². The van der Waals surface area contributed by atoms with Gasteiger partial charge in [-0.2, -0.15) is 0 Å². The first kappa shape index (κ1) is 21.7. The molecule has 0 saturated heterocycles. The molecule has 3 N–H and O–H groups in total. The Morgan fingerprint density at radius 1 is 1.00 bits per heavy atom. The van der Waals surface area contributed by atoms with Gasteiger partial charge < -0.3 is 10.1 Å². The van der Waals surface area contributed by atoms with Gasteiger partial charge in [-0.25, -0.2) is 0 Å². The third-order valence-corrected chi connectivity index (χ3v) is 4.44. The number of carbonyl (C=O) groups is 1. The number of rotatable bonds is 9. The minimum atomic E-state index is -0.134. The lowest BCUT2D eigenvalue weighted by molar-refractivity contribution is -0.121. The van der Waals surface area contributed by atoms with Gasteiger partial charge in [0, 0.05) is 12.1 Å². The zero-order valence-electron chi connectivity index (χ0n) is 16.6. The van der Waals surface area contributed by atoms with Crippen LogP contribution in [0.15, 0.2) is 48.5 Å². The monoisotopic (exact) mass is 399 g/mol. The number of benzene rings is 2. The molecule has 0 fully saturated rings. The Balaban J connectivity index is 1.73. The molecule has 0 unspecified atom stereocenters. The van der Waals surface area contributed by atoms with Crippen molar-refractivity contribution < 1.29 is 9.53 Å². The first-order valence-electron chi connectivity index (χ1n) is 9.77. The third kappa shape index (κ3) is 7.56. The molecule has 2 rings (SSSR count). The van der Waals surface area contributed by atoms with E-state index in [0.29, 0.717) is 24.6 Å². The number of amides is 1. The second kappa shape index (κ2) is 12.0. The maximum atomic E-state index is 12.1. The van der Waals surface area contributed by atoms with Crippen molar-refractivity contribution in [1.82, 2.24) is 10.9 Å². The Labute approximate surface area is 172 Å². The molecule has 0 saturated carbocycles. The molecule has 2 aromatic carbocycles. The number of thiocarbonyl (C=S) groups is 1. The van der Waals surface area contributed by atoms with E-state index in [1.54, 1.807) is 0 Å². The number of hydrazine groups is 1. The summed E-state index contributed by atoms with van der Waals surface area (Å²) in [5, 5.41) is 3.42. The number of unbranched alkanes of at least 4 members (excludes halogenated alkanes) is 1. The molecule has 0 aliphatic heterocycles. The molecule has 0 aliphatic rings. The number of ether oxygens (including phenoxy) is 1. The third-order valence-electron chi connectivity index (χ3n) is 4.24. The zero-order chi connectivity index (χ0) is 20.2. The summed E-state index contributed by atoms with van der Waals surface area (Å²) in [6, 6.07) is 15.9. The maximum absolute atomic E-state index is 12.1. The van der Waals surface area contributed by atoms with E-state index in [1.807, 2.05) is 43.3 Å². The van der Waals surface area contributed by atoms with Crippen molar-refractivity contribution in [1.29, 1.82) is 0 Å². The number of para-hydroxylation sites is 1. The maximum Gasteiger partial charge on any atom is 0.238 e. The molecule has 5 nitrogen and oxygen atoms in total. The van der Waals surface area contributed by atoms with Crippen LogP contribution in [0.1, 0.15) is 44.2 Å². The van der Waals surface area contributed by atoms with Gasteiger partial charge in [0.1, 0.15) is 5.75 Å². The lowest BCUT2D eigenvalue weighted by Crippen LogP contribution is -2.43. The lowest BCUT2D eigenvalue weighted by atomic mass is 10.1. The van der Waals surface area contributed by atoms with Gasteiger partial charge in [0.2, 0.25) is 5.91 Å². The smallest absolute Gasteiger partial charge is 0.238 e. The SMILES string of the molecule is CCCCc1ccc(NC(=S)NNC(=O)CCc2ccccc2OCC)cc1. The minimum Gasteiger partial charge on any atom is -0.494 e. The van der Waals surface area contributed by atoms with Crippen molar-refractivity contribution in [2.24, 2.45) is 0 Å². The molecular weight excluding hydrogens is 370 g/mol. The predicted molar refractivity (Wildman–Crippen MR) is 118 cm³/mol. The van der Waals surface area contributed by atoms with E-state index in [2.05, 4.69) is 35.2 Å². The summed E-state index contributed by atoms with van der Waals surface area (Å²) < 4.78 is 5.59. The molecular formula is C22H29N3O2S. The van der Waals surface area contributed by atoms with Crippen LogP contribution in [-0.4, -0.2) is 17.6 Å². The average molecular weight is 400 g/mol. The molecule has 0 radical (unpaired) electrons. The molecule has 0 aliphatic carbocycles. The van der Waals surface area contributed by atoms with Gasteiger partial charge in [0.15, 0.2) is 5.11 Å². The summed E-state index contributed by atoms with van der Waals surface area (Å²) in [5.74, 6) is 0.690. The van der Waals surface area contributed by atoms with E-state index < -0.39 is 0 Å². The highest BCUT2D eigenvalue weighted by molar-refractivity contribution is 7.80. The van der Waals surface area contributed by atoms with Gasteiger partial charge in [0.25, 0.3) is 0 Å². The first-order valence-corrected chi connectivity index (χ1v) is 10.2. The van der Waals surface area contributed by atoms with Crippen LogP contribution < -0.4 is 20.9 Å². The van der Waals surface area contributed by atoms with Crippen molar-refractivity contribution >= 4 is 28.9 Å². The van der Waals surface area contributed by atoms with E-state index >= 15 is 0 Å². The van der Waals surface area contributed by atoms with Crippen LogP contribution in [0, 0.1) is 0 Å². The first-order chi connectivity index (χ1) is 13.6. The van der Waals surface area contributed by atoms with E-state index in [4.69, 9.17) is 17.0 Å². The van der Waals surface area contributed by atoms with E-state index in [0.717, 1.165) is 23.4 Å². The molecule has 0 bridgehead atoms. The highest BCUT2D eigenvalue weighted by Crippen LogP contribution is 2.19. The van der Waals surface area contributed by atoms with Crippen molar-refractivity contribution in [3.8, 4) is 5.75 Å². The molecule has 0 aromatic heterocycles. The summed E-state index contributed by atoms with van der Waals surface area (Å²) in [6.07, 6.45) is 4.40. The highest BCUT2D eigenvalue weighted by Gasteiger charge is 2.07. The van der Waals surface area contributed by atoms with E-state index in [9.17, 15) is 4.79 Å². The van der Waals surface area contributed by atoms with Gasteiger partial charge in [-0.15, -0.1) is 0 Å². The fourth-order valence-corrected chi connectivity index (χ4v) is 2.91. The van der Waals surface area contributed by atoms with E-state index in [1.165, 1.54) is 18.4 Å². The molecule has 0 heterocycles. The molecule has 0 atom stereocenters. The number of nitrogens with one attached hydrogen (secondary N) is 3. The fraction of sp³-hybridized carbons (Fsp3) is 0.364. The second-order valence-electron chi connectivity index (χ2n) is 6.47. The van der Waals surface area contributed by atoms with Crippen LogP contribution in [0.3, 0.4) is 0 Å². The van der Waals surface area contributed by atoms with Gasteiger partial charge in [-0.1, -0.05) is 43.7 Å². The zero-order valence-corrected chi connectivity index (χ0v) is 17.4. The second-order valence-corrected chi connectivity index (χ2v) is 6.88. The average Bonchev–Trinajstić information content (AvgIpc) is 2.71. The number of carbonyl (C=O) groups excluding carboxylic acids is 1. The molecule has 6 heteroatoms. The number of hydrogen-bond donors (Lipinski definition) is 3. The molecule has 0 spiro atoms. The largest absolute Gasteiger partial charge is 0.494 e. The van der Waals surface area contributed by atoms with Crippen molar-refractivity contribution in [2.75, 3.05) is 11.9 Å². The number of aryl methyl sites for hydroxylation is 2. The van der Waals surface area contributed by atoms with Gasteiger partial charge in [0.05, 0.1) is 6.61 Å². The Morgan fingerprint density at radius 2 is 1.75 bits per heavy atom. The van der Waals surface area contributed by atoms with Crippen molar-refractivity contribution in [2.45, 2.75) is 46.0 Å². The number of hydrogen-bond acceptors (Lipinski definition) is 3. The summed E-state index contributed by atoms with van der Waals surface area (Å²) in [7, 11) is 0. The molecule has 2 aromatic rings. The van der Waals surface area contributed by atoms with Crippen LogP contribution in [0.25, 0.3) is 0 Å². The standard InChI is InChI=1S/C22H29N3O2S/c1-3-5-8-17-11-14-19(15-12-17)23-22(28)25-24-21(26)16-13-18-9-6-7-10-20(18)27-4-2/h6-7,9-12,14-15H,3-5,8,13,16H2,1-2H3,(H,24,26)(H2,23,25,28). The molecule has 1 amide bonds. The Morgan fingerprint density at radius 3 is 2.46 bits per heavy atom. The number of anilines is 1. The minimum absolute atomic E-state index is 0.134. The van der Waals surface area contributed by atoms with Gasteiger partial charge >= 0.3 is 0 Å². The van der Waals surface area contributed by atoms with Crippen molar-refractivity contribution in [3.63, 3.8) is 0 Å².